The first-order valence-corrected chi connectivity index (χ1v) is 5.79. The van der Waals surface area contributed by atoms with E-state index >= 15 is 0 Å². The number of benzene rings is 1. The minimum Gasteiger partial charge on any atom is -0.367 e. The molecule has 2 rings (SSSR count). The van der Waals surface area contributed by atoms with Gasteiger partial charge in [0.15, 0.2) is 0 Å². The van der Waals surface area contributed by atoms with Gasteiger partial charge in [-0.2, -0.15) is 0 Å². The first-order chi connectivity index (χ1) is 8.08. The summed E-state index contributed by atoms with van der Waals surface area (Å²) in [6.07, 6.45) is 0.639. The van der Waals surface area contributed by atoms with Gasteiger partial charge in [0, 0.05) is 23.6 Å². The predicted molar refractivity (Wildman–Crippen MR) is 65.8 cm³/mol. The van der Waals surface area contributed by atoms with Crippen molar-refractivity contribution in [1.29, 1.82) is 0 Å². The largest absolute Gasteiger partial charge is 0.367 e. The number of amides is 2. The SMILES string of the molecule is Cc1cc(Cl)ccc1NCN1C(=O)CCC1=O. The van der Waals surface area contributed by atoms with Gasteiger partial charge >= 0.3 is 0 Å². The van der Waals surface area contributed by atoms with Crippen LogP contribution in [0.15, 0.2) is 18.2 Å². The molecule has 1 aliphatic rings. The summed E-state index contributed by atoms with van der Waals surface area (Å²) in [6, 6.07) is 5.44. The van der Waals surface area contributed by atoms with Crippen LogP contribution in [0.1, 0.15) is 18.4 Å². The normalized spacial score (nSPS) is 15.5. The molecule has 17 heavy (non-hydrogen) atoms. The van der Waals surface area contributed by atoms with Gasteiger partial charge in [-0.05, 0) is 30.7 Å². The summed E-state index contributed by atoms with van der Waals surface area (Å²) in [5, 5.41) is 3.74. The number of carbonyl (C=O) groups excluding carboxylic acids is 2. The molecular weight excluding hydrogens is 240 g/mol. The standard InChI is InChI=1S/C12H13ClN2O2/c1-8-6-9(13)2-3-10(8)14-7-15-11(16)4-5-12(15)17/h2-3,6,14H,4-5,7H2,1H3. The topological polar surface area (TPSA) is 49.4 Å². The first kappa shape index (κ1) is 11.9. The van der Waals surface area contributed by atoms with E-state index in [1.807, 2.05) is 19.1 Å². The van der Waals surface area contributed by atoms with Crippen LogP contribution in [0.3, 0.4) is 0 Å². The molecule has 0 aromatic heterocycles. The maximum atomic E-state index is 11.4. The third-order valence-electron chi connectivity index (χ3n) is 2.77. The second-order valence-corrected chi connectivity index (χ2v) is 4.45. The van der Waals surface area contributed by atoms with Gasteiger partial charge in [0.25, 0.3) is 0 Å². The molecule has 1 heterocycles. The number of nitrogens with zero attached hydrogens (tertiary/aromatic N) is 1. The molecule has 1 aromatic rings. The van der Waals surface area contributed by atoms with E-state index in [1.54, 1.807) is 6.07 Å². The molecule has 0 spiro atoms. The Bertz CT molecular complexity index is 458. The molecule has 5 heteroatoms. The highest BCUT2D eigenvalue weighted by Crippen LogP contribution is 2.20. The molecule has 0 bridgehead atoms. The van der Waals surface area contributed by atoms with Gasteiger partial charge in [-0.1, -0.05) is 11.6 Å². The van der Waals surface area contributed by atoms with E-state index < -0.39 is 0 Å². The molecule has 2 amide bonds. The first-order valence-electron chi connectivity index (χ1n) is 5.41. The molecular formula is C12H13ClN2O2. The van der Waals surface area contributed by atoms with Gasteiger partial charge < -0.3 is 5.32 Å². The van der Waals surface area contributed by atoms with Crippen molar-refractivity contribution in [2.24, 2.45) is 0 Å². The molecule has 1 fully saturated rings. The summed E-state index contributed by atoms with van der Waals surface area (Å²) >= 11 is 5.84. The van der Waals surface area contributed by atoms with Crippen molar-refractivity contribution in [3.63, 3.8) is 0 Å². The average molecular weight is 253 g/mol. The van der Waals surface area contributed by atoms with Gasteiger partial charge in [0.2, 0.25) is 11.8 Å². The van der Waals surface area contributed by atoms with Crippen LogP contribution in [0.4, 0.5) is 5.69 Å². The quantitative estimate of drug-likeness (QED) is 0.839. The van der Waals surface area contributed by atoms with Crippen LogP contribution in [-0.2, 0) is 9.59 Å². The van der Waals surface area contributed by atoms with Gasteiger partial charge in [-0.25, -0.2) is 0 Å². The fourth-order valence-corrected chi connectivity index (χ4v) is 2.02. The van der Waals surface area contributed by atoms with Gasteiger partial charge in [-0.3, -0.25) is 14.5 Å². The summed E-state index contributed by atoms with van der Waals surface area (Å²) in [5.74, 6) is -0.233. The summed E-state index contributed by atoms with van der Waals surface area (Å²) < 4.78 is 0. The van der Waals surface area contributed by atoms with Crippen LogP contribution in [0.25, 0.3) is 0 Å². The smallest absolute Gasteiger partial charge is 0.231 e. The molecule has 0 aliphatic carbocycles. The average Bonchev–Trinajstić information content (AvgIpc) is 2.58. The van der Waals surface area contributed by atoms with Crippen LogP contribution in [0, 0.1) is 6.92 Å². The predicted octanol–water partition coefficient (Wildman–Crippen LogP) is 2.17. The Morgan fingerprint density at radius 2 is 1.94 bits per heavy atom. The molecule has 4 nitrogen and oxygen atoms in total. The van der Waals surface area contributed by atoms with Crippen molar-refractivity contribution in [1.82, 2.24) is 4.90 Å². The Balaban J connectivity index is 2.02. The summed E-state index contributed by atoms with van der Waals surface area (Å²) in [5.41, 5.74) is 1.86. The highest BCUT2D eigenvalue weighted by molar-refractivity contribution is 6.30. The molecule has 90 valence electrons. The third-order valence-corrected chi connectivity index (χ3v) is 3.01. The number of nitrogens with one attached hydrogen (secondary N) is 1. The third kappa shape index (κ3) is 2.58. The van der Waals surface area contributed by atoms with Crippen LogP contribution in [0.5, 0.6) is 0 Å². The summed E-state index contributed by atoms with van der Waals surface area (Å²) in [6.45, 7) is 2.14. The lowest BCUT2D eigenvalue weighted by Gasteiger charge is -2.16. The number of carbonyl (C=O) groups is 2. The fraction of sp³-hybridized carbons (Fsp3) is 0.333. The maximum Gasteiger partial charge on any atom is 0.231 e. The zero-order valence-corrected chi connectivity index (χ0v) is 10.3. The van der Waals surface area contributed by atoms with E-state index in [-0.39, 0.29) is 18.5 Å². The van der Waals surface area contributed by atoms with Crippen molar-refractivity contribution in [2.45, 2.75) is 19.8 Å². The number of likely N-dealkylation sites (tertiary alicyclic amines) is 1. The minimum atomic E-state index is -0.117. The number of imide groups is 1. The Kier molecular flexibility index (Phi) is 3.33. The summed E-state index contributed by atoms with van der Waals surface area (Å²) in [4.78, 5) is 24.0. The molecule has 0 radical (unpaired) electrons. The molecule has 0 saturated carbocycles. The number of aryl methyl sites for hydroxylation is 1. The molecule has 1 saturated heterocycles. The van der Waals surface area contributed by atoms with Gasteiger partial charge in [-0.15, -0.1) is 0 Å². The lowest BCUT2D eigenvalue weighted by molar-refractivity contribution is -0.137. The second kappa shape index (κ2) is 4.75. The highest BCUT2D eigenvalue weighted by Gasteiger charge is 2.28. The Labute approximate surface area is 105 Å². The lowest BCUT2D eigenvalue weighted by atomic mass is 10.2. The maximum absolute atomic E-state index is 11.4. The van der Waals surface area contributed by atoms with Crippen molar-refractivity contribution in [2.75, 3.05) is 12.0 Å². The number of halogens is 1. The highest BCUT2D eigenvalue weighted by atomic mass is 35.5. The van der Waals surface area contributed by atoms with Crippen molar-refractivity contribution < 1.29 is 9.59 Å². The zero-order chi connectivity index (χ0) is 12.4. The molecule has 0 unspecified atom stereocenters. The van der Waals surface area contributed by atoms with E-state index in [1.165, 1.54) is 4.90 Å². The molecule has 0 atom stereocenters. The van der Waals surface area contributed by atoms with Gasteiger partial charge in [0.1, 0.15) is 0 Å². The van der Waals surface area contributed by atoms with E-state index in [0.29, 0.717) is 17.9 Å². The number of rotatable bonds is 3. The molecule has 1 aliphatic heterocycles. The van der Waals surface area contributed by atoms with Crippen molar-refractivity contribution in [3.05, 3.63) is 28.8 Å². The number of hydrogen-bond acceptors (Lipinski definition) is 3. The van der Waals surface area contributed by atoms with E-state index in [2.05, 4.69) is 5.32 Å². The molecule has 1 aromatic carbocycles. The van der Waals surface area contributed by atoms with E-state index in [9.17, 15) is 9.59 Å². The summed E-state index contributed by atoms with van der Waals surface area (Å²) in [7, 11) is 0. The van der Waals surface area contributed by atoms with E-state index in [4.69, 9.17) is 11.6 Å². The Hall–Kier alpha value is -1.55. The van der Waals surface area contributed by atoms with E-state index in [0.717, 1.165) is 11.3 Å². The van der Waals surface area contributed by atoms with Gasteiger partial charge in [0.05, 0.1) is 6.67 Å². The van der Waals surface area contributed by atoms with Crippen LogP contribution < -0.4 is 5.32 Å². The van der Waals surface area contributed by atoms with Crippen LogP contribution in [0.2, 0.25) is 5.02 Å². The Morgan fingerprint density at radius 3 is 2.53 bits per heavy atom. The fourth-order valence-electron chi connectivity index (χ4n) is 1.79. The van der Waals surface area contributed by atoms with Crippen LogP contribution >= 0.6 is 11.6 Å². The molecule has 1 N–H and O–H groups in total. The number of hydrogen-bond donors (Lipinski definition) is 1. The van der Waals surface area contributed by atoms with Crippen LogP contribution in [-0.4, -0.2) is 23.4 Å². The Morgan fingerprint density at radius 1 is 1.29 bits per heavy atom. The van der Waals surface area contributed by atoms with Crippen molar-refractivity contribution in [3.8, 4) is 0 Å². The minimum absolute atomic E-state index is 0.117. The monoisotopic (exact) mass is 252 g/mol. The van der Waals surface area contributed by atoms with Crippen molar-refractivity contribution >= 4 is 29.1 Å². The second-order valence-electron chi connectivity index (χ2n) is 4.01. The lowest BCUT2D eigenvalue weighted by Crippen LogP contribution is -2.34. The zero-order valence-electron chi connectivity index (χ0n) is 9.50. The number of anilines is 1.